The van der Waals surface area contributed by atoms with Crippen LogP contribution in [0.2, 0.25) is 5.02 Å². The zero-order chi connectivity index (χ0) is 23.7. The van der Waals surface area contributed by atoms with Gasteiger partial charge in [-0.25, -0.2) is 4.79 Å². The number of ether oxygens (including phenoxy) is 1. The Morgan fingerprint density at radius 1 is 1.06 bits per heavy atom. The van der Waals surface area contributed by atoms with E-state index in [0.717, 1.165) is 24.8 Å². The van der Waals surface area contributed by atoms with Crippen LogP contribution >= 0.6 is 11.6 Å². The van der Waals surface area contributed by atoms with Gasteiger partial charge < -0.3 is 10.1 Å². The van der Waals surface area contributed by atoms with E-state index in [9.17, 15) is 19.2 Å². The predicted molar refractivity (Wildman–Crippen MR) is 124 cm³/mol. The summed E-state index contributed by atoms with van der Waals surface area (Å²) in [7, 11) is 0. The van der Waals surface area contributed by atoms with Crippen LogP contribution in [0.15, 0.2) is 42.5 Å². The first-order chi connectivity index (χ1) is 15.8. The Morgan fingerprint density at radius 2 is 1.76 bits per heavy atom. The van der Waals surface area contributed by atoms with Crippen molar-refractivity contribution in [2.45, 2.75) is 33.1 Å². The molecule has 0 radical (unpaired) electrons. The molecule has 1 saturated heterocycles. The molecule has 3 atom stereocenters. The molecule has 2 aromatic rings. The highest BCUT2D eigenvalue weighted by Crippen LogP contribution is 2.42. The molecule has 33 heavy (non-hydrogen) atoms. The molecule has 4 rings (SSSR count). The Kier molecular flexibility index (Phi) is 6.51. The molecule has 0 spiro atoms. The third kappa shape index (κ3) is 4.64. The average molecular weight is 469 g/mol. The van der Waals surface area contributed by atoms with E-state index in [1.54, 1.807) is 37.3 Å². The molecule has 2 fully saturated rings. The minimum Gasteiger partial charge on any atom is -0.452 e. The molecule has 1 heterocycles. The number of nitrogens with one attached hydrogen (secondary N) is 1. The van der Waals surface area contributed by atoms with E-state index in [0.29, 0.717) is 22.3 Å². The largest absolute Gasteiger partial charge is 0.452 e. The minimum absolute atomic E-state index is 0.166. The Balaban J connectivity index is 1.36. The Labute approximate surface area is 197 Å². The van der Waals surface area contributed by atoms with Crippen LogP contribution in [0, 0.1) is 24.7 Å². The van der Waals surface area contributed by atoms with Gasteiger partial charge in [0.2, 0.25) is 11.8 Å². The van der Waals surface area contributed by atoms with Crippen molar-refractivity contribution in [1.29, 1.82) is 0 Å². The van der Waals surface area contributed by atoms with Gasteiger partial charge in [-0.3, -0.25) is 19.3 Å². The second kappa shape index (κ2) is 9.35. The fourth-order valence-corrected chi connectivity index (χ4v) is 4.71. The van der Waals surface area contributed by atoms with Gasteiger partial charge in [-0.05, 0) is 74.1 Å². The first-order valence-electron chi connectivity index (χ1n) is 11.0. The van der Waals surface area contributed by atoms with E-state index in [4.69, 9.17) is 16.3 Å². The van der Waals surface area contributed by atoms with Crippen LogP contribution in [-0.2, 0) is 19.1 Å². The van der Waals surface area contributed by atoms with E-state index in [-0.39, 0.29) is 29.2 Å². The SMILES string of the molecule is Cc1c(Cl)cccc1NC(=O)COC(=O)c1ccc(N2C(=O)[C@H]3C[C@H](C)CC[C@H]3C2=O)cc1. The first kappa shape index (κ1) is 23.0. The molecule has 0 unspecified atom stereocenters. The van der Waals surface area contributed by atoms with Gasteiger partial charge in [0.25, 0.3) is 5.91 Å². The highest BCUT2D eigenvalue weighted by atomic mass is 35.5. The molecular weight excluding hydrogens is 444 g/mol. The standard InChI is InChI=1S/C25H25ClN2O5/c1-14-6-11-18-19(12-14)24(31)28(23(18)30)17-9-7-16(8-10-17)25(32)33-13-22(29)27-21-5-3-4-20(26)15(21)2/h3-5,7-10,14,18-19H,6,11-13H2,1-2H3,(H,27,29)/t14-,18-,19+/m1/s1. The summed E-state index contributed by atoms with van der Waals surface area (Å²) in [5.74, 6) is -1.58. The molecule has 172 valence electrons. The molecule has 0 bridgehead atoms. The summed E-state index contributed by atoms with van der Waals surface area (Å²) in [5, 5.41) is 3.18. The number of anilines is 2. The number of nitrogens with zero attached hydrogens (tertiary/aromatic N) is 1. The summed E-state index contributed by atoms with van der Waals surface area (Å²) in [6, 6.07) is 11.2. The van der Waals surface area contributed by atoms with Gasteiger partial charge in [-0.2, -0.15) is 0 Å². The van der Waals surface area contributed by atoms with E-state index >= 15 is 0 Å². The van der Waals surface area contributed by atoms with Gasteiger partial charge in [0.15, 0.2) is 6.61 Å². The summed E-state index contributed by atoms with van der Waals surface area (Å²) in [5.41, 5.74) is 1.92. The molecule has 1 N–H and O–H groups in total. The second-order valence-electron chi connectivity index (χ2n) is 8.73. The maximum Gasteiger partial charge on any atom is 0.338 e. The molecule has 7 nitrogen and oxygen atoms in total. The average Bonchev–Trinajstić information content (AvgIpc) is 3.04. The lowest BCUT2D eigenvalue weighted by atomic mass is 9.76. The first-order valence-corrected chi connectivity index (χ1v) is 11.3. The summed E-state index contributed by atoms with van der Waals surface area (Å²) < 4.78 is 5.10. The van der Waals surface area contributed by atoms with Gasteiger partial charge in [-0.15, -0.1) is 0 Å². The number of carbonyl (C=O) groups excluding carboxylic acids is 4. The monoisotopic (exact) mass is 468 g/mol. The fourth-order valence-electron chi connectivity index (χ4n) is 4.53. The highest BCUT2D eigenvalue weighted by Gasteiger charge is 2.49. The molecule has 1 aliphatic carbocycles. The van der Waals surface area contributed by atoms with E-state index in [2.05, 4.69) is 12.2 Å². The van der Waals surface area contributed by atoms with Crippen molar-refractivity contribution in [1.82, 2.24) is 0 Å². The summed E-state index contributed by atoms with van der Waals surface area (Å²) >= 11 is 6.04. The number of imide groups is 1. The fraction of sp³-hybridized carbons (Fsp3) is 0.360. The molecule has 8 heteroatoms. The lowest BCUT2D eigenvalue weighted by molar-refractivity contribution is -0.122. The predicted octanol–water partition coefficient (Wildman–Crippen LogP) is 4.37. The van der Waals surface area contributed by atoms with Gasteiger partial charge in [0.05, 0.1) is 23.1 Å². The molecule has 2 aromatic carbocycles. The smallest absolute Gasteiger partial charge is 0.338 e. The van der Waals surface area contributed by atoms with Gasteiger partial charge >= 0.3 is 5.97 Å². The van der Waals surface area contributed by atoms with Crippen LogP contribution in [0.4, 0.5) is 11.4 Å². The number of carbonyl (C=O) groups is 4. The third-order valence-electron chi connectivity index (χ3n) is 6.42. The molecule has 3 amide bonds. The Hall–Kier alpha value is -3.19. The Bertz CT molecular complexity index is 1110. The number of hydrogen-bond donors (Lipinski definition) is 1. The number of amides is 3. The highest BCUT2D eigenvalue weighted by molar-refractivity contribution is 6.31. The number of halogens is 1. The van der Waals surface area contributed by atoms with Crippen molar-refractivity contribution in [3.8, 4) is 0 Å². The van der Waals surface area contributed by atoms with Crippen LogP contribution in [0.5, 0.6) is 0 Å². The topological polar surface area (TPSA) is 92.8 Å². The number of hydrogen-bond acceptors (Lipinski definition) is 5. The van der Waals surface area contributed by atoms with Crippen molar-refractivity contribution in [3.05, 3.63) is 58.6 Å². The van der Waals surface area contributed by atoms with E-state index in [1.165, 1.54) is 17.0 Å². The quantitative estimate of drug-likeness (QED) is 0.519. The Morgan fingerprint density at radius 3 is 2.48 bits per heavy atom. The second-order valence-corrected chi connectivity index (χ2v) is 9.13. The van der Waals surface area contributed by atoms with Crippen LogP contribution < -0.4 is 10.2 Å². The van der Waals surface area contributed by atoms with Crippen molar-refractivity contribution in [2.75, 3.05) is 16.8 Å². The molecule has 1 saturated carbocycles. The van der Waals surface area contributed by atoms with Crippen LogP contribution in [0.1, 0.15) is 42.1 Å². The number of rotatable bonds is 5. The van der Waals surface area contributed by atoms with E-state index in [1.807, 2.05) is 0 Å². The summed E-state index contributed by atoms with van der Waals surface area (Å²) in [4.78, 5) is 51.4. The zero-order valence-electron chi connectivity index (χ0n) is 18.5. The zero-order valence-corrected chi connectivity index (χ0v) is 19.2. The molecule has 2 aliphatic rings. The lowest BCUT2D eigenvalue weighted by Gasteiger charge is -2.25. The summed E-state index contributed by atoms with van der Waals surface area (Å²) in [6.45, 7) is 3.42. The van der Waals surface area contributed by atoms with Crippen LogP contribution in [-0.4, -0.2) is 30.3 Å². The maximum absolute atomic E-state index is 12.8. The normalized spacial score (nSPS) is 22.2. The van der Waals surface area contributed by atoms with Crippen molar-refractivity contribution in [3.63, 3.8) is 0 Å². The van der Waals surface area contributed by atoms with Crippen molar-refractivity contribution < 1.29 is 23.9 Å². The van der Waals surface area contributed by atoms with Gasteiger partial charge in [0.1, 0.15) is 0 Å². The van der Waals surface area contributed by atoms with E-state index < -0.39 is 18.5 Å². The maximum atomic E-state index is 12.8. The minimum atomic E-state index is -0.680. The van der Waals surface area contributed by atoms with Gasteiger partial charge in [-0.1, -0.05) is 24.6 Å². The number of benzene rings is 2. The lowest BCUT2D eigenvalue weighted by Crippen LogP contribution is -2.30. The summed E-state index contributed by atoms with van der Waals surface area (Å²) in [6.07, 6.45) is 2.41. The van der Waals surface area contributed by atoms with Crippen LogP contribution in [0.25, 0.3) is 0 Å². The molecular formula is C25H25ClN2O5. The number of esters is 1. The molecule has 0 aromatic heterocycles. The number of fused-ring (bicyclic) bond motifs is 1. The third-order valence-corrected chi connectivity index (χ3v) is 6.83. The van der Waals surface area contributed by atoms with Crippen molar-refractivity contribution >= 4 is 46.7 Å². The van der Waals surface area contributed by atoms with Crippen molar-refractivity contribution in [2.24, 2.45) is 17.8 Å². The molecule has 1 aliphatic heterocycles. The van der Waals surface area contributed by atoms with Crippen LogP contribution in [0.3, 0.4) is 0 Å². The van der Waals surface area contributed by atoms with Gasteiger partial charge in [0, 0.05) is 10.7 Å².